The van der Waals surface area contributed by atoms with E-state index < -0.39 is 97.3 Å². The second kappa shape index (κ2) is 20.2. The number of epoxide rings is 1. The Bertz CT molecular complexity index is 1320. The molecule has 52 heavy (non-hydrogen) atoms. The Morgan fingerprint density at radius 2 is 1.62 bits per heavy atom. The average Bonchev–Trinajstić information content (AvgIpc) is 3.80. The first-order valence-electron chi connectivity index (χ1n) is 17.3. The second-order valence-corrected chi connectivity index (χ2v) is 13.6. The van der Waals surface area contributed by atoms with Gasteiger partial charge >= 0.3 is 11.9 Å². The van der Waals surface area contributed by atoms with Crippen LogP contribution in [0.15, 0.2) is 60.8 Å². The first-order chi connectivity index (χ1) is 24.5. The minimum atomic E-state index is -2.10. The molecule has 3 fully saturated rings. The van der Waals surface area contributed by atoms with Gasteiger partial charge in [0.1, 0.15) is 24.2 Å². The number of hydrogen-bond donors (Lipinski definition) is 7. The van der Waals surface area contributed by atoms with Crippen LogP contribution >= 0.6 is 0 Å². The minimum absolute atomic E-state index is 0.0789. The van der Waals surface area contributed by atoms with Crippen LogP contribution < -0.4 is 5.73 Å². The highest BCUT2D eigenvalue weighted by molar-refractivity contribution is 5.82. The SMILES string of the molecule is CN(C)C=O.C[C@@H]1C/C=C/C=C/C=C/C=C/[C@H](O[C@@H]2O[C@H](C)[C@@H](O)[C@H](N)[C@@H]2O)C[C@@H]2O[C@](O)(C[C@@H](O)C[C@H]3O[C@@H]3/C=C/C(=O)O1)C[C@H](O)[C@H]2C(=O)O. The summed E-state index contributed by atoms with van der Waals surface area (Å²) in [6.45, 7) is 3.34. The molecule has 14 atom stereocenters. The summed E-state index contributed by atoms with van der Waals surface area (Å²) in [7, 11) is 3.38. The van der Waals surface area contributed by atoms with Gasteiger partial charge in [0.05, 0.1) is 48.8 Å². The lowest BCUT2D eigenvalue weighted by Gasteiger charge is -2.45. The van der Waals surface area contributed by atoms with Crippen molar-refractivity contribution in [1.29, 1.82) is 0 Å². The number of amides is 1. The lowest BCUT2D eigenvalue weighted by atomic mass is 9.83. The number of aliphatic hydroxyl groups excluding tert-OH is 4. The highest BCUT2D eigenvalue weighted by Gasteiger charge is 2.51. The van der Waals surface area contributed by atoms with Crippen molar-refractivity contribution in [1.82, 2.24) is 4.90 Å². The Balaban J connectivity index is 0.00000136. The molecule has 4 rings (SSSR count). The number of allylic oxidation sites excluding steroid dienone is 6. The van der Waals surface area contributed by atoms with Crippen LogP contribution in [0.2, 0.25) is 0 Å². The predicted molar refractivity (Wildman–Crippen MR) is 185 cm³/mol. The van der Waals surface area contributed by atoms with Gasteiger partial charge in [0.15, 0.2) is 12.1 Å². The van der Waals surface area contributed by atoms with Crippen molar-refractivity contribution in [2.24, 2.45) is 11.7 Å². The number of carboxylic acids is 1. The van der Waals surface area contributed by atoms with Crippen molar-refractivity contribution < 1.29 is 68.7 Å². The number of nitrogens with zero attached hydrogens (tertiary/aromatic N) is 1. The number of fused-ring (bicyclic) bond motifs is 3. The van der Waals surface area contributed by atoms with Gasteiger partial charge in [0, 0.05) is 52.3 Å². The molecular weight excluding hydrogens is 684 g/mol. The van der Waals surface area contributed by atoms with Gasteiger partial charge in [-0.1, -0.05) is 48.6 Å². The highest BCUT2D eigenvalue weighted by Crippen LogP contribution is 2.39. The number of aliphatic hydroxyl groups is 5. The maximum atomic E-state index is 12.3. The number of rotatable bonds is 4. The molecule has 4 aliphatic rings. The molecule has 8 N–H and O–H groups in total. The van der Waals surface area contributed by atoms with E-state index in [9.17, 15) is 45.0 Å². The van der Waals surface area contributed by atoms with Crippen molar-refractivity contribution in [2.75, 3.05) is 14.1 Å². The Kier molecular flexibility index (Phi) is 16.8. The van der Waals surface area contributed by atoms with E-state index >= 15 is 0 Å². The summed E-state index contributed by atoms with van der Waals surface area (Å²) in [6.07, 6.45) is 6.00. The maximum absolute atomic E-state index is 12.3. The van der Waals surface area contributed by atoms with Crippen LogP contribution in [0, 0.1) is 5.92 Å². The van der Waals surface area contributed by atoms with Crippen LogP contribution in [0.4, 0.5) is 0 Å². The molecular formula is C36H54N2O14. The van der Waals surface area contributed by atoms with E-state index in [0.717, 1.165) is 6.41 Å². The van der Waals surface area contributed by atoms with Gasteiger partial charge in [0.25, 0.3) is 0 Å². The smallest absolute Gasteiger partial charge is 0.330 e. The minimum Gasteiger partial charge on any atom is -0.481 e. The quantitative estimate of drug-likeness (QED) is 0.112. The summed E-state index contributed by atoms with van der Waals surface area (Å²) in [5.41, 5.74) is 5.98. The van der Waals surface area contributed by atoms with Gasteiger partial charge < -0.3 is 65.0 Å². The fraction of sp³-hybridized carbons (Fsp3) is 0.639. The number of ether oxygens (including phenoxy) is 5. The van der Waals surface area contributed by atoms with Crippen molar-refractivity contribution in [2.45, 2.75) is 125 Å². The number of carbonyl (C=O) groups excluding carboxylic acids is 2. The monoisotopic (exact) mass is 738 g/mol. The van der Waals surface area contributed by atoms with E-state index in [2.05, 4.69) is 0 Å². The average molecular weight is 739 g/mol. The van der Waals surface area contributed by atoms with E-state index in [1.54, 1.807) is 70.5 Å². The first-order valence-corrected chi connectivity index (χ1v) is 17.3. The van der Waals surface area contributed by atoms with Crippen LogP contribution in [-0.4, -0.2) is 147 Å². The Morgan fingerprint density at radius 3 is 2.27 bits per heavy atom. The number of nitrogens with two attached hydrogens (primary N) is 1. The summed E-state index contributed by atoms with van der Waals surface area (Å²) < 4.78 is 28.5. The molecule has 0 aromatic carbocycles. The lowest BCUT2D eigenvalue weighted by Crippen LogP contribution is -2.61. The zero-order valence-corrected chi connectivity index (χ0v) is 29.9. The number of carbonyl (C=O) groups is 3. The van der Waals surface area contributed by atoms with Crippen LogP contribution in [0.5, 0.6) is 0 Å². The van der Waals surface area contributed by atoms with E-state index in [1.807, 2.05) is 6.08 Å². The van der Waals surface area contributed by atoms with Gasteiger partial charge in [-0.2, -0.15) is 0 Å². The number of aliphatic carboxylic acids is 1. The largest absolute Gasteiger partial charge is 0.481 e. The molecule has 0 unspecified atom stereocenters. The number of carboxylic acid groups (broad SMARTS) is 1. The molecule has 0 aromatic rings. The zero-order chi connectivity index (χ0) is 38.6. The number of hydrogen-bond acceptors (Lipinski definition) is 14. The molecule has 292 valence electrons. The molecule has 2 bridgehead atoms. The van der Waals surface area contributed by atoms with E-state index in [0.29, 0.717) is 6.42 Å². The zero-order valence-electron chi connectivity index (χ0n) is 29.9. The molecule has 3 saturated heterocycles. The van der Waals surface area contributed by atoms with Crippen LogP contribution in [0.1, 0.15) is 46.0 Å². The van der Waals surface area contributed by atoms with Crippen molar-refractivity contribution in [3.63, 3.8) is 0 Å². The van der Waals surface area contributed by atoms with Crippen molar-refractivity contribution >= 4 is 18.3 Å². The number of cyclic esters (lactones) is 1. The summed E-state index contributed by atoms with van der Waals surface area (Å²) in [6, 6.07) is -1.08. The van der Waals surface area contributed by atoms with Gasteiger partial charge in [0.2, 0.25) is 6.41 Å². The molecule has 0 radical (unpaired) electrons. The van der Waals surface area contributed by atoms with Gasteiger partial charge in [-0.25, -0.2) is 4.79 Å². The molecule has 16 heteroatoms. The highest BCUT2D eigenvalue weighted by atomic mass is 16.7. The molecule has 1 amide bonds. The molecule has 0 aliphatic carbocycles. The fourth-order valence-electron chi connectivity index (χ4n) is 6.00. The molecule has 4 aliphatic heterocycles. The van der Waals surface area contributed by atoms with Crippen LogP contribution in [0.3, 0.4) is 0 Å². The number of esters is 1. The van der Waals surface area contributed by atoms with Crippen molar-refractivity contribution in [3.05, 3.63) is 60.8 Å². The van der Waals surface area contributed by atoms with E-state index in [4.69, 9.17) is 29.4 Å². The molecule has 4 heterocycles. The standard InChI is InChI=1S/C33H47NO13.C3H7NO/c1-18-10-8-6-4-3-5-7-9-11-21(45-32-30(39)28(34)29(38)19(2)44-32)15-25-27(31(40)41)22(36)17-33(42,47-25)16-20(35)14-24-23(46-24)12-13-26(37)43-18;1-4(2)3-5/h3-9,11-13,18-25,27-30,32,35-36,38-39,42H,10,14-17,34H2,1-2H3,(H,40,41);3H,1-2H3/b4-3+,7-5+,8-6+,11-9+,13-12+;/t18-,19-,20+,21+,22+,23-,24-,25+,27-,28+,29-,30+,32+,33-;/m1./s1. The maximum Gasteiger partial charge on any atom is 0.330 e. The summed E-state index contributed by atoms with van der Waals surface area (Å²) in [5.74, 6) is -5.45. The first kappa shape index (κ1) is 43.1. The third-order valence-electron chi connectivity index (χ3n) is 8.79. The molecule has 16 nitrogen and oxygen atoms in total. The van der Waals surface area contributed by atoms with Gasteiger partial charge in [-0.15, -0.1) is 0 Å². The molecule has 0 saturated carbocycles. The topological polar surface area (TPSA) is 251 Å². The fourth-order valence-corrected chi connectivity index (χ4v) is 6.00. The van der Waals surface area contributed by atoms with Crippen molar-refractivity contribution in [3.8, 4) is 0 Å². The van der Waals surface area contributed by atoms with Crippen LogP contribution in [-0.2, 0) is 38.1 Å². The molecule has 0 aromatic heterocycles. The van der Waals surface area contributed by atoms with E-state index in [-0.39, 0.29) is 25.4 Å². The Labute approximate surface area is 303 Å². The van der Waals surface area contributed by atoms with Gasteiger partial charge in [-0.3, -0.25) is 9.59 Å². The second-order valence-electron chi connectivity index (χ2n) is 13.6. The summed E-state index contributed by atoms with van der Waals surface area (Å²) in [4.78, 5) is 35.3. The Hall–Kier alpha value is -3.29. The molecule has 0 spiro atoms. The third-order valence-corrected chi connectivity index (χ3v) is 8.79. The Morgan fingerprint density at radius 1 is 0.962 bits per heavy atom. The van der Waals surface area contributed by atoms with E-state index in [1.165, 1.54) is 17.1 Å². The van der Waals surface area contributed by atoms with Crippen LogP contribution in [0.25, 0.3) is 0 Å². The van der Waals surface area contributed by atoms with Gasteiger partial charge in [-0.05, 0) is 19.9 Å². The third kappa shape index (κ3) is 13.6. The normalized spacial score (nSPS) is 43.3. The lowest BCUT2D eigenvalue weighted by molar-refractivity contribution is -0.308. The summed E-state index contributed by atoms with van der Waals surface area (Å²) in [5, 5.41) is 63.9. The summed E-state index contributed by atoms with van der Waals surface area (Å²) >= 11 is 0. The predicted octanol–water partition coefficient (Wildman–Crippen LogP) is -0.176.